The van der Waals surface area contributed by atoms with E-state index in [1.807, 2.05) is 6.07 Å². The number of aryl methyl sites for hydroxylation is 1. The standard InChI is InChI=1S/C14H19N3O2S/c1-10-3-4-12-13(9-10)16-14(15-12)11-5-7-17(8-6-11)20(2,18)19/h3-4,9,11H,5-8H2,1-2H3,(H,15,16). The van der Waals surface area contributed by atoms with Crippen LogP contribution >= 0.6 is 0 Å². The molecule has 1 aliphatic heterocycles. The number of aromatic amines is 1. The molecule has 1 aromatic heterocycles. The van der Waals surface area contributed by atoms with E-state index < -0.39 is 10.0 Å². The maximum absolute atomic E-state index is 11.5. The molecule has 0 bridgehead atoms. The van der Waals surface area contributed by atoms with Gasteiger partial charge in [0.1, 0.15) is 5.82 Å². The number of sulfonamides is 1. The van der Waals surface area contributed by atoms with Crippen LogP contribution in [-0.2, 0) is 10.0 Å². The Morgan fingerprint density at radius 2 is 2.00 bits per heavy atom. The maximum atomic E-state index is 11.5. The second kappa shape index (κ2) is 4.86. The summed E-state index contributed by atoms with van der Waals surface area (Å²) >= 11 is 0. The number of fused-ring (bicyclic) bond motifs is 1. The van der Waals surface area contributed by atoms with E-state index >= 15 is 0 Å². The Morgan fingerprint density at radius 3 is 2.65 bits per heavy atom. The van der Waals surface area contributed by atoms with E-state index in [-0.39, 0.29) is 0 Å². The third-order valence-electron chi connectivity index (χ3n) is 3.97. The van der Waals surface area contributed by atoms with Gasteiger partial charge >= 0.3 is 0 Å². The van der Waals surface area contributed by atoms with Crippen LogP contribution in [0.15, 0.2) is 18.2 Å². The fourth-order valence-electron chi connectivity index (χ4n) is 2.80. The number of aromatic nitrogens is 2. The number of benzene rings is 1. The minimum atomic E-state index is -3.06. The van der Waals surface area contributed by atoms with Crippen LogP contribution in [0.25, 0.3) is 11.0 Å². The molecule has 0 radical (unpaired) electrons. The molecule has 1 fully saturated rings. The molecule has 3 rings (SSSR count). The number of rotatable bonds is 2. The molecular formula is C14H19N3O2S. The zero-order valence-corrected chi connectivity index (χ0v) is 12.6. The van der Waals surface area contributed by atoms with Crippen LogP contribution in [0.2, 0.25) is 0 Å². The number of piperidine rings is 1. The van der Waals surface area contributed by atoms with Crippen molar-refractivity contribution in [2.24, 2.45) is 0 Å². The number of imidazole rings is 1. The molecule has 1 saturated heterocycles. The van der Waals surface area contributed by atoms with E-state index in [9.17, 15) is 8.42 Å². The number of H-pyrrole nitrogens is 1. The molecule has 0 aliphatic carbocycles. The Labute approximate surface area is 119 Å². The third kappa shape index (κ3) is 2.58. The molecule has 0 atom stereocenters. The van der Waals surface area contributed by atoms with Crippen LogP contribution in [0.5, 0.6) is 0 Å². The van der Waals surface area contributed by atoms with E-state index in [0.717, 1.165) is 29.7 Å². The third-order valence-corrected chi connectivity index (χ3v) is 5.27. The summed E-state index contributed by atoms with van der Waals surface area (Å²) in [5.74, 6) is 1.31. The lowest BCUT2D eigenvalue weighted by molar-refractivity contribution is 0.316. The van der Waals surface area contributed by atoms with Crippen LogP contribution < -0.4 is 0 Å². The number of nitrogens with one attached hydrogen (secondary N) is 1. The van der Waals surface area contributed by atoms with Crippen molar-refractivity contribution >= 4 is 21.1 Å². The molecule has 1 aromatic carbocycles. The van der Waals surface area contributed by atoms with Crippen molar-refractivity contribution < 1.29 is 8.42 Å². The van der Waals surface area contributed by atoms with Gasteiger partial charge in [-0.2, -0.15) is 0 Å². The Balaban J connectivity index is 1.80. The van der Waals surface area contributed by atoms with Gasteiger partial charge in [-0.05, 0) is 37.5 Å². The normalized spacial score (nSPS) is 18.7. The Morgan fingerprint density at radius 1 is 1.30 bits per heavy atom. The number of hydrogen-bond donors (Lipinski definition) is 1. The summed E-state index contributed by atoms with van der Waals surface area (Å²) in [6, 6.07) is 6.17. The largest absolute Gasteiger partial charge is 0.342 e. The van der Waals surface area contributed by atoms with Crippen LogP contribution in [0.1, 0.15) is 30.1 Å². The first-order valence-corrected chi connectivity index (χ1v) is 8.70. The fraction of sp³-hybridized carbons (Fsp3) is 0.500. The highest BCUT2D eigenvalue weighted by molar-refractivity contribution is 7.88. The number of hydrogen-bond acceptors (Lipinski definition) is 3. The molecule has 5 nitrogen and oxygen atoms in total. The highest BCUT2D eigenvalue weighted by Gasteiger charge is 2.27. The topological polar surface area (TPSA) is 66.1 Å². The monoisotopic (exact) mass is 293 g/mol. The molecular weight excluding hydrogens is 274 g/mol. The van der Waals surface area contributed by atoms with Crippen molar-refractivity contribution in [2.45, 2.75) is 25.7 Å². The van der Waals surface area contributed by atoms with Gasteiger partial charge in [0.15, 0.2) is 0 Å². The minimum Gasteiger partial charge on any atom is -0.342 e. The molecule has 2 heterocycles. The van der Waals surface area contributed by atoms with Crippen molar-refractivity contribution in [1.82, 2.24) is 14.3 Å². The average molecular weight is 293 g/mol. The lowest BCUT2D eigenvalue weighted by Gasteiger charge is -2.29. The molecule has 2 aromatic rings. The SMILES string of the molecule is Cc1ccc2nc(C3CCN(S(C)(=O)=O)CC3)[nH]c2c1. The lowest BCUT2D eigenvalue weighted by Crippen LogP contribution is -2.37. The second-order valence-electron chi connectivity index (χ2n) is 5.58. The van der Waals surface area contributed by atoms with Gasteiger partial charge in [-0.1, -0.05) is 6.07 Å². The summed E-state index contributed by atoms with van der Waals surface area (Å²) in [4.78, 5) is 8.02. The Hall–Kier alpha value is -1.40. The second-order valence-corrected chi connectivity index (χ2v) is 7.56. The van der Waals surface area contributed by atoms with Gasteiger partial charge < -0.3 is 4.98 Å². The molecule has 0 unspecified atom stereocenters. The van der Waals surface area contributed by atoms with Crippen molar-refractivity contribution in [3.05, 3.63) is 29.6 Å². The quantitative estimate of drug-likeness (QED) is 0.921. The lowest BCUT2D eigenvalue weighted by atomic mass is 9.97. The molecule has 6 heteroatoms. The zero-order valence-electron chi connectivity index (χ0n) is 11.8. The van der Waals surface area contributed by atoms with Crippen LogP contribution in [0, 0.1) is 6.92 Å². The summed E-state index contributed by atoms with van der Waals surface area (Å²) in [5.41, 5.74) is 3.25. The van der Waals surface area contributed by atoms with E-state index in [2.05, 4.69) is 29.0 Å². The van der Waals surface area contributed by atoms with E-state index in [0.29, 0.717) is 19.0 Å². The predicted molar refractivity (Wildman–Crippen MR) is 79.2 cm³/mol. The van der Waals surface area contributed by atoms with Gasteiger partial charge in [-0.25, -0.2) is 17.7 Å². The minimum absolute atomic E-state index is 0.320. The summed E-state index contributed by atoms with van der Waals surface area (Å²) < 4.78 is 24.6. The van der Waals surface area contributed by atoms with Gasteiger partial charge in [0.2, 0.25) is 10.0 Å². The Bertz CT molecular complexity index is 728. The van der Waals surface area contributed by atoms with Crippen molar-refractivity contribution in [1.29, 1.82) is 0 Å². The predicted octanol–water partition coefficient (Wildman–Crippen LogP) is 2.01. The maximum Gasteiger partial charge on any atom is 0.211 e. The molecule has 0 spiro atoms. The average Bonchev–Trinajstić information content (AvgIpc) is 2.80. The highest BCUT2D eigenvalue weighted by Crippen LogP contribution is 2.28. The molecule has 1 N–H and O–H groups in total. The summed E-state index contributed by atoms with van der Waals surface area (Å²) in [7, 11) is -3.06. The smallest absolute Gasteiger partial charge is 0.211 e. The highest BCUT2D eigenvalue weighted by atomic mass is 32.2. The van der Waals surface area contributed by atoms with Gasteiger partial charge in [0, 0.05) is 19.0 Å². The molecule has 0 amide bonds. The molecule has 20 heavy (non-hydrogen) atoms. The summed E-state index contributed by atoms with van der Waals surface area (Å²) in [6.45, 7) is 3.23. The zero-order chi connectivity index (χ0) is 14.3. The van der Waals surface area contributed by atoms with Crippen molar-refractivity contribution in [3.63, 3.8) is 0 Å². The van der Waals surface area contributed by atoms with E-state index in [1.165, 1.54) is 11.8 Å². The first-order chi connectivity index (χ1) is 9.43. The van der Waals surface area contributed by atoms with Gasteiger partial charge in [0.05, 0.1) is 17.3 Å². The van der Waals surface area contributed by atoms with Gasteiger partial charge in [-0.15, -0.1) is 0 Å². The van der Waals surface area contributed by atoms with Crippen LogP contribution in [0.4, 0.5) is 0 Å². The van der Waals surface area contributed by atoms with E-state index in [4.69, 9.17) is 0 Å². The first kappa shape index (κ1) is 13.6. The number of nitrogens with zero attached hydrogens (tertiary/aromatic N) is 2. The van der Waals surface area contributed by atoms with Gasteiger partial charge in [-0.3, -0.25) is 0 Å². The molecule has 0 saturated carbocycles. The molecule has 1 aliphatic rings. The van der Waals surface area contributed by atoms with E-state index in [1.54, 1.807) is 4.31 Å². The molecule has 108 valence electrons. The Kier molecular flexibility index (Phi) is 3.30. The van der Waals surface area contributed by atoms with Crippen molar-refractivity contribution in [2.75, 3.05) is 19.3 Å². The first-order valence-electron chi connectivity index (χ1n) is 6.85. The van der Waals surface area contributed by atoms with Crippen molar-refractivity contribution in [3.8, 4) is 0 Å². The van der Waals surface area contributed by atoms with Gasteiger partial charge in [0.25, 0.3) is 0 Å². The fourth-order valence-corrected chi connectivity index (χ4v) is 3.67. The van der Waals surface area contributed by atoms with Crippen LogP contribution in [-0.4, -0.2) is 42.0 Å². The summed E-state index contributed by atoms with van der Waals surface area (Å²) in [5, 5.41) is 0. The summed E-state index contributed by atoms with van der Waals surface area (Å²) in [6.07, 6.45) is 2.93. The van der Waals surface area contributed by atoms with Crippen LogP contribution in [0.3, 0.4) is 0 Å².